The molecule has 0 aliphatic heterocycles. The van der Waals surface area contributed by atoms with E-state index in [1.54, 1.807) is 0 Å². The van der Waals surface area contributed by atoms with Crippen LogP contribution in [0.1, 0.15) is 12.8 Å². The van der Waals surface area contributed by atoms with Crippen LogP contribution in [0.15, 0.2) is 243 Å². The minimum atomic E-state index is -6.00. The van der Waals surface area contributed by atoms with Crippen molar-refractivity contribution < 1.29 is 51.0 Å². The van der Waals surface area contributed by atoms with Crippen LogP contribution in [-0.2, 0) is 16.5 Å². The molecule has 0 spiro atoms. The molecule has 0 aliphatic rings. The Balaban J connectivity index is 0.000000272. The van der Waals surface area contributed by atoms with E-state index in [0.29, 0.717) is 0 Å². The summed E-state index contributed by atoms with van der Waals surface area (Å²) in [5.41, 5.74) is 0. The van der Waals surface area contributed by atoms with Crippen LogP contribution >= 0.6 is 55.8 Å². The van der Waals surface area contributed by atoms with Crippen LogP contribution in [0.3, 0.4) is 0 Å². The Kier molecular flexibility index (Phi) is 29.6. The normalized spacial score (nSPS) is 11.3. The number of thioether (sulfide) groups is 2. The third-order valence-corrected chi connectivity index (χ3v) is 25.1. The van der Waals surface area contributed by atoms with Crippen LogP contribution < -0.4 is 42.4 Å². The molecule has 0 radical (unpaired) electrons. The summed E-state index contributed by atoms with van der Waals surface area (Å²) >= 11 is 3.89. The van der Waals surface area contributed by atoms with E-state index in [1.807, 2.05) is 23.5 Å². The second-order valence-corrected chi connectivity index (χ2v) is 28.7. The number of rotatable bonds is 20. The van der Waals surface area contributed by atoms with Crippen LogP contribution in [-0.4, -0.2) is 60.5 Å². The Hall–Kier alpha value is -3.84. The fourth-order valence-corrected chi connectivity index (χ4v) is 23.2. The predicted octanol–water partition coefficient (Wildman–Crippen LogP) is 13.8. The van der Waals surface area contributed by atoms with Gasteiger partial charge in [-0.2, -0.15) is 23.5 Å². The Morgan fingerprint density at radius 1 is 0.293 bits per heavy atom. The van der Waals surface area contributed by atoms with Gasteiger partial charge in [-0.25, -0.2) is 0 Å². The molecule has 19 heteroatoms. The number of benzene rings is 8. The van der Waals surface area contributed by atoms with Crippen molar-refractivity contribution in [3.63, 3.8) is 0 Å². The summed E-state index contributed by atoms with van der Waals surface area (Å²) in [7, 11) is -16.6. The Labute approximate surface area is 462 Å². The SMILES string of the molecule is CSCCCN([PH+](c1ccccc1)c1ccccc1)[PH+](c1ccccc1)c1ccccc1.CSCCCN([PH+](c1ccccc1)c1ccccc1)[PH+](c1ccccc1)c1ccccc1.F[B-](F)(F)F.F[B-](F)(F)F.[Ni+2]. The molecule has 0 heterocycles. The zero-order valence-corrected chi connectivity index (χ0v) is 48.2. The molecular weight excluding hydrogens is 1120 g/mol. The molecule has 0 N–H and O–H groups in total. The summed E-state index contributed by atoms with van der Waals surface area (Å²) in [4.78, 5) is 0. The van der Waals surface area contributed by atoms with Crippen LogP contribution in [0, 0.1) is 0 Å². The van der Waals surface area contributed by atoms with Crippen molar-refractivity contribution in [1.29, 1.82) is 0 Å². The quantitative estimate of drug-likeness (QED) is 0.0325. The molecule has 0 aliphatic carbocycles. The van der Waals surface area contributed by atoms with Gasteiger partial charge < -0.3 is 34.5 Å². The Bertz CT molecular complexity index is 2170. The molecule has 8 aromatic carbocycles. The molecule has 75 heavy (non-hydrogen) atoms. The van der Waals surface area contributed by atoms with Gasteiger partial charge >= 0.3 is 31.0 Å². The summed E-state index contributed by atoms with van der Waals surface area (Å²) in [5.74, 6) is 2.38. The van der Waals surface area contributed by atoms with Gasteiger partial charge in [0.25, 0.3) is 0 Å². The monoisotopic (exact) mass is 1180 g/mol. The van der Waals surface area contributed by atoms with E-state index in [1.165, 1.54) is 66.8 Å². The number of hydrogen-bond acceptors (Lipinski definition) is 4. The Morgan fingerprint density at radius 2 is 0.427 bits per heavy atom. The zero-order valence-electron chi connectivity index (χ0n) is 41.5. The van der Waals surface area contributed by atoms with Gasteiger partial charge in [0.15, 0.2) is 32.3 Å². The molecule has 0 aromatic heterocycles. The average Bonchev–Trinajstić information content (AvgIpc) is 3.41. The molecule has 0 amide bonds. The topological polar surface area (TPSA) is 6.48 Å². The van der Waals surface area contributed by atoms with Gasteiger partial charge in [0.1, 0.15) is 42.4 Å². The van der Waals surface area contributed by atoms with Crippen molar-refractivity contribution in [3.05, 3.63) is 243 Å². The van der Waals surface area contributed by atoms with E-state index in [2.05, 4.69) is 264 Å². The van der Waals surface area contributed by atoms with Gasteiger partial charge in [-0.3, -0.25) is 0 Å². The standard InChI is InChI=1S/2C28H29NP2S.2BF4.Ni/c2*1-32-24-14-23-29(30(25-15-6-2-7-16-25)26-17-8-3-9-18-26)31(27-19-10-4-11-20-27)28-21-12-5-13-22-28;2*2-1(3,4)5;/h2*2-13,15-22H,14,23-24H2,1H3;;;/q;;2*-1;+2/p+4. The van der Waals surface area contributed by atoms with Crippen molar-refractivity contribution in [1.82, 2.24) is 8.88 Å². The zero-order chi connectivity index (χ0) is 53.0. The maximum atomic E-state index is 9.75. The maximum absolute atomic E-state index is 9.75. The first-order valence-corrected chi connectivity index (χ1v) is 32.5. The minimum Gasteiger partial charge on any atom is -0.418 e. The van der Waals surface area contributed by atoms with E-state index in [4.69, 9.17) is 0 Å². The molecule has 2 nitrogen and oxygen atoms in total. The van der Waals surface area contributed by atoms with Crippen molar-refractivity contribution in [2.75, 3.05) is 37.1 Å². The first-order valence-electron chi connectivity index (χ1n) is 24.0. The molecule has 0 unspecified atom stereocenters. The summed E-state index contributed by atoms with van der Waals surface area (Å²) in [6, 6.07) is 89.5. The second kappa shape index (κ2) is 34.8. The molecule has 0 saturated carbocycles. The van der Waals surface area contributed by atoms with E-state index >= 15 is 0 Å². The van der Waals surface area contributed by atoms with Crippen molar-refractivity contribution in [2.45, 2.75) is 12.8 Å². The van der Waals surface area contributed by atoms with Gasteiger partial charge in [-0.15, -0.1) is 0 Å². The number of halogens is 8. The van der Waals surface area contributed by atoms with E-state index in [0.717, 1.165) is 13.1 Å². The summed E-state index contributed by atoms with van der Waals surface area (Å²) < 4.78 is 83.8. The summed E-state index contributed by atoms with van der Waals surface area (Å²) in [6.07, 6.45) is 6.82. The van der Waals surface area contributed by atoms with Crippen LogP contribution in [0.2, 0.25) is 0 Å². The fraction of sp³-hybridized carbons (Fsp3) is 0.143. The molecule has 0 saturated heterocycles. The largest absolute Gasteiger partial charge is 2.00 e. The summed E-state index contributed by atoms with van der Waals surface area (Å²) in [5, 5.41) is 11.7. The molecule has 396 valence electrons. The average molecular weight is 1180 g/mol. The molecule has 8 rings (SSSR count). The predicted molar refractivity (Wildman–Crippen MR) is 322 cm³/mol. The van der Waals surface area contributed by atoms with E-state index in [9.17, 15) is 34.5 Å². The minimum absolute atomic E-state index is 0. The van der Waals surface area contributed by atoms with Gasteiger partial charge in [0.05, 0.1) is 13.1 Å². The van der Waals surface area contributed by atoms with E-state index < -0.39 is 46.8 Å². The molecule has 8 aromatic rings. The molecule has 0 bridgehead atoms. The van der Waals surface area contributed by atoms with Crippen molar-refractivity contribution in [3.8, 4) is 0 Å². The van der Waals surface area contributed by atoms with Gasteiger partial charge in [0.2, 0.25) is 0 Å². The number of hydrogen-bond donors (Lipinski definition) is 0. The maximum Gasteiger partial charge on any atom is 2.00 e. The first-order chi connectivity index (χ1) is 35.8. The number of nitrogens with zero attached hydrogens (tertiary/aromatic N) is 2. The van der Waals surface area contributed by atoms with Gasteiger partial charge in [-0.05, 0) is 143 Å². The second-order valence-electron chi connectivity index (χ2n) is 16.3. The third-order valence-electron chi connectivity index (χ3n) is 10.9. The van der Waals surface area contributed by atoms with Gasteiger partial charge in [0, 0.05) is 0 Å². The molecular formula is C56H62B2F8N2NiP4S2+4. The first kappa shape index (κ1) is 63.7. The molecule has 0 atom stereocenters. The van der Waals surface area contributed by atoms with Crippen molar-refractivity contribution in [2.24, 2.45) is 0 Å². The molecule has 0 fully saturated rings. The van der Waals surface area contributed by atoms with Crippen LogP contribution in [0.25, 0.3) is 0 Å². The van der Waals surface area contributed by atoms with Crippen molar-refractivity contribution >= 4 is 113 Å². The Morgan fingerprint density at radius 3 is 0.547 bits per heavy atom. The third kappa shape index (κ3) is 23.3. The fourth-order valence-electron chi connectivity index (χ4n) is 8.09. The van der Waals surface area contributed by atoms with Crippen LogP contribution in [0.5, 0.6) is 0 Å². The summed E-state index contributed by atoms with van der Waals surface area (Å²) in [6.45, 7) is 2.22. The van der Waals surface area contributed by atoms with E-state index in [-0.39, 0.29) is 16.5 Å². The smallest absolute Gasteiger partial charge is 0.418 e. The van der Waals surface area contributed by atoms with Gasteiger partial charge in [-0.1, -0.05) is 146 Å². The van der Waals surface area contributed by atoms with Crippen LogP contribution in [0.4, 0.5) is 34.5 Å².